The number of rotatable bonds is 7. The molecule has 1 amide bonds. The molecule has 0 spiro atoms. The molecule has 22 heavy (non-hydrogen) atoms. The highest BCUT2D eigenvalue weighted by atomic mass is 35.5. The highest BCUT2D eigenvalue weighted by Gasteiger charge is 2.45. The van der Waals surface area contributed by atoms with E-state index in [2.05, 4.69) is 5.32 Å². The monoisotopic (exact) mass is 344 g/mol. The van der Waals surface area contributed by atoms with Crippen LogP contribution in [0.2, 0.25) is 5.02 Å². The first-order valence-electron chi connectivity index (χ1n) is 7.20. The van der Waals surface area contributed by atoms with Crippen molar-refractivity contribution in [3.8, 4) is 0 Å². The van der Waals surface area contributed by atoms with Gasteiger partial charge in [0.2, 0.25) is 5.91 Å². The summed E-state index contributed by atoms with van der Waals surface area (Å²) in [6.45, 7) is 0.474. The third-order valence-electron chi connectivity index (χ3n) is 4.04. The van der Waals surface area contributed by atoms with Crippen molar-refractivity contribution in [3.05, 3.63) is 34.9 Å². The first-order chi connectivity index (χ1) is 10.2. The number of sulfone groups is 1. The van der Waals surface area contributed by atoms with Crippen molar-refractivity contribution in [2.24, 2.45) is 5.73 Å². The fourth-order valence-electron chi connectivity index (χ4n) is 2.44. The summed E-state index contributed by atoms with van der Waals surface area (Å²) in [4.78, 5) is 12.0. The topological polar surface area (TPSA) is 89.3 Å². The maximum absolute atomic E-state index is 12.0. The second-order valence-corrected chi connectivity index (χ2v) is 8.67. The van der Waals surface area contributed by atoms with Crippen LogP contribution in [0.1, 0.15) is 24.8 Å². The highest BCUT2D eigenvalue weighted by Crippen LogP contribution is 2.49. The van der Waals surface area contributed by atoms with E-state index >= 15 is 0 Å². The van der Waals surface area contributed by atoms with Crippen LogP contribution < -0.4 is 11.1 Å². The lowest BCUT2D eigenvalue weighted by atomic mass is 9.95. The molecule has 0 heterocycles. The Hall–Kier alpha value is -1.11. The van der Waals surface area contributed by atoms with Crippen molar-refractivity contribution in [2.75, 3.05) is 18.6 Å². The number of carbonyl (C=O) groups excluding carboxylic acids is 1. The molecule has 7 heteroatoms. The molecule has 1 atom stereocenters. The Kier molecular flexibility index (Phi) is 5.14. The van der Waals surface area contributed by atoms with Gasteiger partial charge in [-0.15, -0.1) is 0 Å². The number of halogens is 1. The zero-order chi connectivity index (χ0) is 16.4. The summed E-state index contributed by atoms with van der Waals surface area (Å²) in [7, 11) is -3.11. The van der Waals surface area contributed by atoms with Crippen LogP contribution in [-0.4, -0.2) is 38.9 Å². The summed E-state index contributed by atoms with van der Waals surface area (Å²) < 4.78 is 22.2. The molecule has 1 aromatic rings. The quantitative estimate of drug-likeness (QED) is 0.779. The average Bonchev–Trinajstić information content (AvgIpc) is 3.23. The summed E-state index contributed by atoms with van der Waals surface area (Å²) >= 11 is 6.22. The second kappa shape index (κ2) is 6.56. The van der Waals surface area contributed by atoms with Crippen LogP contribution in [-0.2, 0) is 20.0 Å². The lowest BCUT2D eigenvalue weighted by Crippen LogP contribution is -2.44. The van der Waals surface area contributed by atoms with Gasteiger partial charge >= 0.3 is 0 Å². The van der Waals surface area contributed by atoms with Crippen molar-refractivity contribution < 1.29 is 13.2 Å². The molecule has 0 saturated heterocycles. The van der Waals surface area contributed by atoms with E-state index in [9.17, 15) is 13.2 Å². The number of hydrogen-bond donors (Lipinski definition) is 2. The fourth-order valence-corrected chi connectivity index (χ4v) is 3.46. The number of hydrogen-bond acceptors (Lipinski definition) is 4. The van der Waals surface area contributed by atoms with Gasteiger partial charge in [0.1, 0.15) is 9.84 Å². The van der Waals surface area contributed by atoms with Gasteiger partial charge in [-0.3, -0.25) is 4.79 Å². The zero-order valence-electron chi connectivity index (χ0n) is 12.5. The van der Waals surface area contributed by atoms with E-state index in [1.165, 1.54) is 0 Å². The van der Waals surface area contributed by atoms with Crippen molar-refractivity contribution in [1.82, 2.24) is 5.32 Å². The van der Waals surface area contributed by atoms with Gasteiger partial charge in [-0.1, -0.05) is 29.8 Å². The van der Waals surface area contributed by atoms with Gasteiger partial charge in [0.05, 0.1) is 11.8 Å². The Morgan fingerprint density at radius 2 is 2.05 bits per heavy atom. The fraction of sp³-hybridized carbons (Fsp3) is 0.533. The molecule has 5 nitrogen and oxygen atoms in total. The first-order valence-corrected chi connectivity index (χ1v) is 9.63. The number of amides is 1. The number of nitrogens with two attached hydrogens (primary N) is 1. The van der Waals surface area contributed by atoms with Gasteiger partial charge in [-0.25, -0.2) is 8.42 Å². The van der Waals surface area contributed by atoms with Crippen LogP contribution in [0.3, 0.4) is 0 Å². The van der Waals surface area contributed by atoms with E-state index in [1.807, 2.05) is 24.3 Å². The van der Waals surface area contributed by atoms with E-state index < -0.39 is 15.9 Å². The van der Waals surface area contributed by atoms with Crippen LogP contribution in [0.25, 0.3) is 0 Å². The molecule has 1 aromatic carbocycles. The van der Waals surface area contributed by atoms with Crippen LogP contribution >= 0.6 is 11.6 Å². The van der Waals surface area contributed by atoms with Crippen LogP contribution in [0, 0.1) is 0 Å². The van der Waals surface area contributed by atoms with Crippen molar-refractivity contribution in [1.29, 1.82) is 0 Å². The molecule has 1 fully saturated rings. The molecule has 0 aromatic heterocycles. The van der Waals surface area contributed by atoms with Gasteiger partial charge in [0.15, 0.2) is 0 Å². The minimum absolute atomic E-state index is 0.0861. The van der Waals surface area contributed by atoms with Gasteiger partial charge in [0, 0.05) is 23.2 Å². The van der Waals surface area contributed by atoms with Gasteiger partial charge in [0.25, 0.3) is 0 Å². The molecule has 1 unspecified atom stereocenters. The van der Waals surface area contributed by atoms with E-state index in [1.54, 1.807) is 0 Å². The van der Waals surface area contributed by atoms with Gasteiger partial charge in [-0.2, -0.15) is 0 Å². The molecule has 3 N–H and O–H groups in total. The predicted octanol–water partition coefficient (Wildman–Crippen LogP) is 1.25. The van der Waals surface area contributed by atoms with Gasteiger partial charge < -0.3 is 11.1 Å². The number of benzene rings is 1. The molecule has 0 aliphatic heterocycles. The molecule has 122 valence electrons. The van der Waals surface area contributed by atoms with E-state index in [0.29, 0.717) is 11.6 Å². The molecule has 2 rings (SSSR count). The molecule has 0 bridgehead atoms. The molecular formula is C15H21ClN2O3S. The summed E-state index contributed by atoms with van der Waals surface area (Å²) in [5, 5.41) is 3.53. The number of nitrogens with one attached hydrogen (secondary N) is 1. The Morgan fingerprint density at radius 1 is 1.41 bits per heavy atom. The predicted molar refractivity (Wildman–Crippen MR) is 87.7 cm³/mol. The van der Waals surface area contributed by atoms with E-state index in [4.69, 9.17) is 17.3 Å². The lowest BCUT2D eigenvalue weighted by molar-refractivity contribution is -0.122. The summed E-state index contributed by atoms with van der Waals surface area (Å²) in [6, 6.07) is 6.82. The summed E-state index contributed by atoms with van der Waals surface area (Å²) in [6.07, 6.45) is 3.20. The lowest BCUT2D eigenvalue weighted by Gasteiger charge is -2.19. The number of carbonyl (C=O) groups is 1. The largest absolute Gasteiger partial charge is 0.354 e. The smallest absolute Gasteiger partial charge is 0.236 e. The van der Waals surface area contributed by atoms with E-state index in [0.717, 1.165) is 24.7 Å². The van der Waals surface area contributed by atoms with Crippen molar-refractivity contribution in [2.45, 2.75) is 30.7 Å². The Morgan fingerprint density at radius 3 is 2.59 bits per heavy atom. The van der Waals surface area contributed by atoms with E-state index in [-0.39, 0.29) is 23.5 Å². The minimum Gasteiger partial charge on any atom is -0.354 e. The highest BCUT2D eigenvalue weighted by molar-refractivity contribution is 7.90. The normalized spacial score (nSPS) is 17.8. The van der Waals surface area contributed by atoms with Crippen molar-refractivity contribution in [3.63, 3.8) is 0 Å². The Bertz CT molecular complexity index is 657. The SMILES string of the molecule is CS(=O)(=O)CCC(N)C(=O)NCC1(c2ccccc2Cl)CC1. The summed E-state index contributed by atoms with van der Waals surface area (Å²) in [5.41, 5.74) is 6.68. The average molecular weight is 345 g/mol. The van der Waals surface area contributed by atoms with Crippen LogP contribution in [0.5, 0.6) is 0 Å². The maximum atomic E-state index is 12.0. The molecule has 1 aliphatic carbocycles. The van der Waals surface area contributed by atoms with Crippen molar-refractivity contribution >= 4 is 27.3 Å². The van der Waals surface area contributed by atoms with Gasteiger partial charge in [-0.05, 0) is 30.9 Å². The zero-order valence-corrected chi connectivity index (χ0v) is 14.1. The summed E-state index contributed by atoms with van der Waals surface area (Å²) in [5.74, 6) is -0.404. The molecule has 0 radical (unpaired) electrons. The third-order valence-corrected chi connectivity index (χ3v) is 5.34. The molecule has 1 saturated carbocycles. The Labute approximate surface area is 136 Å². The molecule has 1 aliphatic rings. The maximum Gasteiger partial charge on any atom is 0.236 e. The van der Waals surface area contributed by atoms with Crippen LogP contribution in [0.4, 0.5) is 0 Å². The Balaban J connectivity index is 1.90. The standard InChI is InChI=1S/C15H21ClN2O3S/c1-22(20,21)9-6-13(17)14(19)18-10-15(7-8-15)11-4-2-3-5-12(11)16/h2-5,13H,6-10,17H2,1H3,(H,18,19). The molecular weight excluding hydrogens is 324 g/mol. The van der Waals surface area contributed by atoms with Crippen LogP contribution in [0.15, 0.2) is 24.3 Å². The third kappa shape index (κ3) is 4.44. The second-order valence-electron chi connectivity index (χ2n) is 6.00. The first kappa shape index (κ1) is 17.2. The minimum atomic E-state index is -3.11.